The molecule has 10 aliphatic heterocycles. The molecule has 0 radical (unpaired) electrons. The number of piperidine rings is 9. The zero-order valence-electron chi connectivity index (χ0n) is 41.7. The molecule has 13 fully saturated rings. The fraction of sp³-hybridized carbons (Fsp3) is 0.778. The van der Waals surface area contributed by atoms with Gasteiger partial charge in [-0.1, -0.05) is 38.5 Å². The molecule has 6 bridgehead atoms. The van der Waals surface area contributed by atoms with Gasteiger partial charge in [-0.15, -0.1) is 0 Å². The number of rotatable bonds is 12. The molecule has 12 nitrogen and oxygen atoms in total. The summed E-state index contributed by atoms with van der Waals surface area (Å²) < 4.78 is 34.8. The van der Waals surface area contributed by atoms with Crippen LogP contribution >= 0.6 is 0 Å². The second-order valence-corrected chi connectivity index (χ2v) is 22.1. The van der Waals surface area contributed by atoms with Gasteiger partial charge in [0.2, 0.25) is 0 Å². The maximum absolute atomic E-state index is 11.3. The molecule has 67 heavy (non-hydrogen) atoms. The van der Waals surface area contributed by atoms with Crippen LogP contribution in [0.2, 0.25) is 0 Å². The molecule has 0 aromatic carbocycles. The van der Waals surface area contributed by atoms with Gasteiger partial charge in [-0.05, 0) is 188 Å². The van der Waals surface area contributed by atoms with Gasteiger partial charge >= 0.3 is 29.6 Å². The van der Waals surface area contributed by atoms with Gasteiger partial charge in [0.1, 0.15) is 28.5 Å². The average Bonchev–Trinajstić information content (AvgIpc) is 4.21. The molecule has 3 aromatic heterocycles. The largest absolute Gasteiger partial charge is 1.00 e. The Morgan fingerprint density at radius 3 is 1.27 bits per heavy atom. The van der Waals surface area contributed by atoms with Crippen LogP contribution in [-0.2, 0) is 31.0 Å². The Kier molecular flexibility index (Phi) is 17.2. The number of hydrogen-bond donors (Lipinski definition) is 3. The third kappa shape index (κ3) is 11.6. The number of fused-ring (bicyclic) bond motifs is 9. The zero-order chi connectivity index (χ0) is 45.0. The third-order valence-electron chi connectivity index (χ3n) is 18.2. The molecule has 4 unspecified atom stereocenters. The van der Waals surface area contributed by atoms with Crippen molar-refractivity contribution in [2.45, 2.75) is 151 Å². The van der Waals surface area contributed by atoms with E-state index in [1.807, 2.05) is 36.4 Å². The SMILES string of the molecule is OC1CN2CCC1CC2.O[C@@](COC1CN2CCC1CC2)(c1ccco1)C1CCCC1.O[C@](COC1CN2CCC1CC2)(c1ccco1)C1CCCC1.[H-].[Na+].c1coc(C2(C3CCCC3)CO2)c1. The molecule has 13 aliphatic rings. The minimum Gasteiger partial charge on any atom is -1.00 e. The molecule has 0 spiro atoms. The first kappa shape index (κ1) is 50.4. The summed E-state index contributed by atoms with van der Waals surface area (Å²) in [5, 5.41) is 32.0. The van der Waals surface area contributed by atoms with E-state index in [2.05, 4.69) is 14.7 Å². The molecule has 3 aliphatic carbocycles. The topological polar surface area (TPSA) is 141 Å². The van der Waals surface area contributed by atoms with E-state index in [9.17, 15) is 15.3 Å². The van der Waals surface area contributed by atoms with Crippen molar-refractivity contribution >= 4 is 0 Å². The van der Waals surface area contributed by atoms with Crippen molar-refractivity contribution in [1.82, 2.24) is 14.7 Å². The van der Waals surface area contributed by atoms with Crippen molar-refractivity contribution in [3.05, 3.63) is 72.5 Å². The summed E-state index contributed by atoms with van der Waals surface area (Å²) in [4.78, 5) is 7.34. The van der Waals surface area contributed by atoms with Crippen molar-refractivity contribution < 1.29 is 73.8 Å². The first-order chi connectivity index (χ1) is 32.3. The maximum Gasteiger partial charge on any atom is 1.00 e. The summed E-state index contributed by atoms with van der Waals surface area (Å²) in [6.07, 6.45) is 27.5. The molecule has 3 N–H and O–H groups in total. The standard InChI is InChI=1S/2C18H27NO3.C11H14O2.C7H13NO.Na.H/c2*20-18(15-4-1-2-5-15,17-6-3-11-21-17)13-22-16-12-19-9-7-14(16)8-10-19;1-2-5-9(4-1)11(8-13-11)10-6-3-7-12-10;9-7-5-8-3-1-6(7)2-4-8;;/h2*3,6,11,14-16,20H,1-2,4-5,7-10,12-13H2;3,6-7,9H,1-2,4-5,8H2;6-7,9H,1-5H2;;/q;;;;+1;-1/t2*16?,18-;;;;/m10..../s1. The van der Waals surface area contributed by atoms with Crippen molar-refractivity contribution in [3.63, 3.8) is 0 Å². The molecule has 10 saturated heterocycles. The van der Waals surface area contributed by atoms with E-state index < -0.39 is 11.2 Å². The van der Waals surface area contributed by atoms with Gasteiger partial charge in [0, 0.05) is 19.6 Å². The minimum absolute atomic E-state index is 0. The Balaban J connectivity index is 0.000000127. The number of ether oxygens (including phenoxy) is 3. The van der Waals surface area contributed by atoms with Gasteiger partial charge in [0.05, 0.1) is 56.9 Å². The zero-order valence-corrected chi connectivity index (χ0v) is 42.7. The van der Waals surface area contributed by atoms with E-state index in [4.69, 9.17) is 27.5 Å². The third-order valence-corrected chi connectivity index (χ3v) is 18.2. The van der Waals surface area contributed by atoms with Gasteiger partial charge in [-0.25, -0.2) is 0 Å². The Hall–Kier alpha value is -1.52. The molecular formula is C54H82N3NaO9. The van der Waals surface area contributed by atoms with E-state index in [0.29, 0.717) is 48.4 Å². The first-order valence-electron chi connectivity index (χ1n) is 26.6. The number of furan rings is 3. The van der Waals surface area contributed by atoms with E-state index in [0.717, 1.165) is 57.7 Å². The quantitative estimate of drug-likeness (QED) is 0.158. The monoisotopic (exact) mass is 940 g/mol. The van der Waals surface area contributed by atoms with Crippen molar-refractivity contribution in [2.75, 3.05) is 78.7 Å². The maximum atomic E-state index is 11.3. The average molecular weight is 940 g/mol. The van der Waals surface area contributed by atoms with Gasteiger partial charge < -0.3 is 58.9 Å². The van der Waals surface area contributed by atoms with Crippen LogP contribution in [0.5, 0.6) is 0 Å². The Morgan fingerprint density at radius 2 is 0.955 bits per heavy atom. The number of epoxide rings is 1. The van der Waals surface area contributed by atoms with Crippen LogP contribution in [0.15, 0.2) is 68.4 Å². The second kappa shape index (κ2) is 22.9. The fourth-order valence-corrected chi connectivity index (χ4v) is 13.8. The van der Waals surface area contributed by atoms with Gasteiger partial charge in [0.25, 0.3) is 0 Å². The van der Waals surface area contributed by atoms with E-state index in [1.54, 1.807) is 18.8 Å². The van der Waals surface area contributed by atoms with Crippen LogP contribution in [-0.4, -0.2) is 127 Å². The van der Waals surface area contributed by atoms with Crippen LogP contribution < -0.4 is 29.6 Å². The van der Waals surface area contributed by atoms with Crippen LogP contribution in [0, 0.1) is 35.5 Å². The summed E-state index contributed by atoms with van der Waals surface area (Å²) in [5.41, 5.74) is -1.92. The van der Waals surface area contributed by atoms with Gasteiger partial charge in [-0.2, -0.15) is 0 Å². The summed E-state index contributed by atoms with van der Waals surface area (Å²) >= 11 is 0. The van der Waals surface area contributed by atoms with Crippen LogP contribution in [0.25, 0.3) is 0 Å². The summed E-state index contributed by atoms with van der Waals surface area (Å²) in [7, 11) is 0. The predicted octanol–water partition coefficient (Wildman–Crippen LogP) is 5.42. The summed E-state index contributed by atoms with van der Waals surface area (Å²) in [6.45, 7) is 11.9. The number of hydrogen-bond acceptors (Lipinski definition) is 12. The molecule has 3 saturated carbocycles. The van der Waals surface area contributed by atoms with Crippen molar-refractivity contribution in [3.8, 4) is 0 Å². The van der Waals surface area contributed by atoms with Crippen LogP contribution in [0.3, 0.4) is 0 Å². The van der Waals surface area contributed by atoms with E-state index >= 15 is 0 Å². The number of aliphatic hydroxyl groups is 3. The summed E-state index contributed by atoms with van der Waals surface area (Å²) in [6, 6.07) is 11.5. The van der Waals surface area contributed by atoms with Crippen LogP contribution in [0.4, 0.5) is 0 Å². The smallest absolute Gasteiger partial charge is 1.00 e. The second-order valence-electron chi connectivity index (χ2n) is 22.1. The van der Waals surface area contributed by atoms with Crippen LogP contribution in [0.1, 0.15) is 134 Å². The minimum atomic E-state index is -0.952. The van der Waals surface area contributed by atoms with Gasteiger partial charge in [0.15, 0.2) is 5.60 Å². The molecule has 16 rings (SSSR count). The van der Waals surface area contributed by atoms with E-state index in [-0.39, 0.29) is 66.7 Å². The van der Waals surface area contributed by atoms with Crippen molar-refractivity contribution in [1.29, 1.82) is 0 Å². The molecule has 3 aromatic rings. The fourth-order valence-electron chi connectivity index (χ4n) is 13.8. The molecular weight excluding hydrogens is 858 g/mol. The molecule has 13 heterocycles. The van der Waals surface area contributed by atoms with Crippen molar-refractivity contribution in [2.24, 2.45) is 35.5 Å². The summed E-state index contributed by atoms with van der Waals surface area (Å²) in [5.74, 6) is 5.62. The number of nitrogens with zero attached hydrogens (tertiary/aromatic N) is 3. The molecule has 0 amide bonds. The van der Waals surface area contributed by atoms with E-state index in [1.165, 1.54) is 129 Å². The normalized spacial score (nSPS) is 36.1. The Labute approximate surface area is 423 Å². The van der Waals surface area contributed by atoms with Gasteiger partial charge in [-0.3, -0.25) is 0 Å². The predicted molar refractivity (Wildman–Crippen MR) is 252 cm³/mol. The number of aliphatic hydroxyl groups excluding tert-OH is 1. The first-order valence-corrected chi connectivity index (χ1v) is 26.6. The molecule has 368 valence electrons. The Morgan fingerprint density at radius 1 is 0.552 bits per heavy atom. The Bertz CT molecular complexity index is 1770. The molecule has 6 atom stereocenters. The molecule has 13 heteroatoms.